The van der Waals surface area contributed by atoms with Gasteiger partial charge >= 0.3 is 0 Å². The van der Waals surface area contributed by atoms with Crippen LogP contribution in [0, 0.1) is 0 Å². The third-order valence-corrected chi connectivity index (χ3v) is 2.71. The maximum absolute atomic E-state index is 9.42. The Balaban J connectivity index is 2.38. The van der Waals surface area contributed by atoms with Crippen LogP contribution in [0.3, 0.4) is 0 Å². The van der Waals surface area contributed by atoms with E-state index in [1.165, 1.54) is 5.56 Å². The standard InChI is InChI=1S/C13H22N2O2/c1-15(10-12(16)9-14)7-6-11-4-3-5-13(8-11)17-2/h3-5,8,12,16H,6-7,9-10,14H2,1-2H3. The second kappa shape index (κ2) is 7.27. The predicted octanol–water partition coefficient (Wildman–Crippen LogP) is 0.489. The Labute approximate surface area is 103 Å². The van der Waals surface area contributed by atoms with Gasteiger partial charge in [-0.1, -0.05) is 12.1 Å². The minimum absolute atomic E-state index is 0.309. The molecule has 4 heteroatoms. The molecule has 1 aromatic carbocycles. The topological polar surface area (TPSA) is 58.7 Å². The van der Waals surface area contributed by atoms with E-state index in [0.29, 0.717) is 13.1 Å². The summed E-state index contributed by atoms with van der Waals surface area (Å²) in [5, 5.41) is 9.42. The maximum Gasteiger partial charge on any atom is 0.119 e. The molecule has 0 aliphatic carbocycles. The lowest BCUT2D eigenvalue weighted by molar-refractivity contribution is 0.133. The molecule has 3 N–H and O–H groups in total. The second-order valence-electron chi connectivity index (χ2n) is 4.25. The number of rotatable bonds is 7. The van der Waals surface area contributed by atoms with Crippen LogP contribution in [-0.2, 0) is 6.42 Å². The van der Waals surface area contributed by atoms with Crippen molar-refractivity contribution in [3.63, 3.8) is 0 Å². The van der Waals surface area contributed by atoms with Gasteiger partial charge in [-0.25, -0.2) is 0 Å². The highest BCUT2D eigenvalue weighted by atomic mass is 16.5. The summed E-state index contributed by atoms with van der Waals surface area (Å²) < 4.78 is 5.17. The number of aliphatic hydroxyl groups is 1. The number of aliphatic hydroxyl groups excluding tert-OH is 1. The first kappa shape index (κ1) is 14.0. The number of nitrogens with two attached hydrogens (primary N) is 1. The van der Waals surface area contributed by atoms with Crippen LogP contribution in [0.1, 0.15) is 5.56 Å². The molecule has 17 heavy (non-hydrogen) atoms. The minimum atomic E-state index is -0.440. The molecule has 0 radical (unpaired) electrons. The Kier molecular flexibility index (Phi) is 5.97. The normalized spacial score (nSPS) is 12.8. The number of hydrogen-bond donors (Lipinski definition) is 2. The summed E-state index contributed by atoms with van der Waals surface area (Å²) in [7, 11) is 3.65. The molecule has 0 saturated heterocycles. The molecule has 4 nitrogen and oxygen atoms in total. The summed E-state index contributed by atoms with van der Waals surface area (Å²) in [6, 6.07) is 8.04. The van der Waals surface area contributed by atoms with E-state index in [-0.39, 0.29) is 0 Å². The predicted molar refractivity (Wildman–Crippen MR) is 69.3 cm³/mol. The van der Waals surface area contributed by atoms with Gasteiger partial charge in [-0.3, -0.25) is 0 Å². The molecule has 0 fully saturated rings. The van der Waals surface area contributed by atoms with Gasteiger partial charge in [-0.15, -0.1) is 0 Å². The van der Waals surface area contributed by atoms with Crippen molar-refractivity contribution in [1.82, 2.24) is 4.90 Å². The Hall–Kier alpha value is -1.10. The number of ether oxygens (including phenoxy) is 1. The molecule has 0 bridgehead atoms. The first-order valence-corrected chi connectivity index (χ1v) is 5.85. The summed E-state index contributed by atoms with van der Waals surface area (Å²) in [6.45, 7) is 1.81. The lowest BCUT2D eigenvalue weighted by atomic mass is 10.1. The van der Waals surface area contributed by atoms with Gasteiger partial charge in [-0.2, -0.15) is 0 Å². The van der Waals surface area contributed by atoms with Gasteiger partial charge in [-0.05, 0) is 31.2 Å². The lowest BCUT2D eigenvalue weighted by Crippen LogP contribution is -2.35. The Bertz CT molecular complexity index is 331. The summed E-state index contributed by atoms with van der Waals surface area (Å²) in [5.41, 5.74) is 6.61. The highest BCUT2D eigenvalue weighted by Crippen LogP contribution is 2.13. The molecule has 0 spiro atoms. The second-order valence-corrected chi connectivity index (χ2v) is 4.25. The summed E-state index contributed by atoms with van der Waals surface area (Å²) >= 11 is 0. The fraction of sp³-hybridized carbons (Fsp3) is 0.538. The van der Waals surface area contributed by atoms with Gasteiger partial charge in [0.1, 0.15) is 5.75 Å². The van der Waals surface area contributed by atoms with E-state index in [1.807, 2.05) is 25.2 Å². The molecule has 1 rings (SSSR count). The quantitative estimate of drug-likeness (QED) is 0.726. The molecule has 0 aliphatic heterocycles. The molecular formula is C13H22N2O2. The average molecular weight is 238 g/mol. The highest BCUT2D eigenvalue weighted by Gasteiger charge is 2.06. The summed E-state index contributed by atoms with van der Waals surface area (Å²) in [5.74, 6) is 0.882. The smallest absolute Gasteiger partial charge is 0.119 e. The monoisotopic (exact) mass is 238 g/mol. The van der Waals surface area contributed by atoms with Gasteiger partial charge in [0, 0.05) is 19.6 Å². The van der Waals surface area contributed by atoms with Crippen molar-refractivity contribution in [2.45, 2.75) is 12.5 Å². The van der Waals surface area contributed by atoms with Crippen molar-refractivity contribution in [1.29, 1.82) is 0 Å². The van der Waals surface area contributed by atoms with E-state index in [1.54, 1.807) is 7.11 Å². The largest absolute Gasteiger partial charge is 0.497 e. The number of hydrogen-bond acceptors (Lipinski definition) is 4. The van der Waals surface area contributed by atoms with Crippen LogP contribution in [0.15, 0.2) is 24.3 Å². The molecule has 0 saturated carbocycles. The fourth-order valence-electron chi connectivity index (χ4n) is 1.67. The summed E-state index contributed by atoms with van der Waals surface area (Å²) in [4.78, 5) is 2.08. The van der Waals surface area contributed by atoms with Crippen molar-refractivity contribution < 1.29 is 9.84 Å². The van der Waals surface area contributed by atoms with Crippen LogP contribution in [-0.4, -0.2) is 49.9 Å². The van der Waals surface area contributed by atoms with Gasteiger partial charge < -0.3 is 20.5 Å². The van der Waals surface area contributed by atoms with Gasteiger partial charge in [0.25, 0.3) is 0 Å². The van der Waals surface area contributed by atoms with E-state index in [0.717, 1.165) is 18.7 Å². The van der Waals surface area contributed by atoms with Crippen molar-refractivity contribution >= 4 is 0 Å². The third kappa shape index (κ3) is 5.17. The zero-order valence-corrected chi connectivity index (χ0v) is 10.6. The van der Waals surface area contributed by atoms with E-state index in [2.05, 4.69) is 11.0 Å². The van der Waals surface area contributed by atoms with Gasteiger partial charge in [0.2, 0.25) is 0 Å². The van der Waals surface area contributed by atoms with Crippen LogP contribution >= 0.6 is 0 Å². The molecule has 0 amide bonds. The van der Waals surface area contributed by atoms with Crippen LogP contribution in [0.2, 0.25) is 0 Å². The zero-order valence-electron chi connectivity index (χ0n) is 10.6. The average Bonchev–Trinajstić information content (AvgIpc) is 2.36. The van der Waals surface area contributed by atoms with Gasteiger partial charge in [0.05, 0.1) is 13.2 Å². The SMILES string of the molecule is COc1cccc(CCN(C)CC(O)CN)c1. The highest BCUT2D eigenvalue weighted by molar-refractivity contribution is 5.28. The third-order valence-electron chi connectivity index (χ3n) is 2.71. The summed E-state index contributed by atoms with van der Waals surface area (Å²) in [6.07, 6.45) is 0.496. The molecule has 1 unspecified atom stereocenters. The van der Waals surface area contributed by atoms with Crippen molar-refractivity contribution in [2.75, 3.05) is 33.8 Å². The number of benzene rings is 1. The van der Waals surface area contributed by atoms with E-state index in [9.17, 15) is 5.11 Å². The number of methoxy groups -OCH3 is 1. The van der Waals surface area contributed by atoms with Crippen LogP contribution < -0.4 is 10.5 Å². The fourth-order valence-corrected chi connectivity index (χ4v) is 1.67. The van der Waals surface area contributed by atoms with E-state index < -0.39 is 6.10 Å². The number of nitrogens with zero attached hydrogens (tertiary/aromatic N) is 1. The van der Waals surface area contributed by atoms with Crippen LogP contribution in [0.4, 0.5) is 0 Å². The zero-order chi connectivity index (χ0) is 12.7. The first-order valence-electron chi connectivity index (χ1n) is 5.85. The van der Waals surface area contributed by atoms with E-state index in [4.69, 9.17) is 10.5 Å². The maximum atomic E-state index is 9.42. The lowest BCUT2D eigenvalue weighted by Gasteiger charge is -2.19. The Morgan fingerprint density at radius 3 is 2.88 bits per heavy atom. The Morgan fingerprint density at radius 1 is 1.47 bits per heavy atom. The molecular weight excluding hydrogens is 216 g/mol. The van der Waals surface area contributed by atoms with Crippen LogP contribution in [0.5, 0.6) is 5.75 Å². The van der Waals surface area contributed by atoms with E-state index >= 15 is 0 Å². The molecule has 1 aromatic rings. The number of likely N-dealkylation sites (N-methyl/N-ethyl adjacent to an activating group) is 1. The molecule has 0 heterocycles. The molecule has 0 aliphatic rings. The van der Waals surface area contributed by atoms with Crippen molar-refractivity contribution in [2.24, 2.45) is 5.73 Å². The van der Waals surface area contributed by atoms with Crippen LogP contribution in [0.25, 0.3) is 0 Å². The van der Waals surface area contributed by atoms with Crippen molar-refractivity contribution in [3.05, 3.63) is 29.8 Å². The molecule has 0 aromatic heterocycles. The molecule has 96 valence electrons. The minimum Gasteiger partial charge on any atom is -0.497 e. The Morgan fingerprint density at radius 2 is 2.24 bits per heavy atom. The molecule has 1 atom stereocenters. The van der Waals surface area contributed by atoms with Gasteiger partial charge in [0.15, 0.2) is 0 Å². The first-order chi connectivity index (χ1) is 8.15. The van der Waals surface area contributed by atoms with Crippen molar-refractivity contribution in [3.8, 4) is 5.75 Å².